The maximum Gasteiger partial charge on any atom is 0.241 e. The van der Waals surface area contributed by atoms with Crippen molar-refractivity contribution in [2.45, 2.75) is 19.9 Å². The summed E-state index contributed by atoms with van der Waals surface area (Å²) in [7, 11) is 0. The van der Waals surface area contributed by atoms with Gasteiger partial charge in [-0.25, -0.2) is 0 Å². The summed E-state index contributed by atoms with van der Waals surface area (Å²) in [4.78, 5) is 38.8. The second-order valence-electron chi connectivity index (χ2n) is 5.54. The number of hydrogen-bond donors (Lipinski definition) is 2. The molecule has 0 bridgehead atoms. The monoisotopic (exact) mass is 282 g/mol. The molecule has 0 spiro atoms. The van der Waals surface area contributed by atoms with Crippen molar-refractivity contribution in [3.8, 4) is 0 Å². The van der Waals surface area contributed by atoms with Crippen molar-refractivity contribution in [1.29, 1.82) is 0 Å². The number of carbonyl (C=O) groups is 3. The van der Waals surface area contributed by atoms with Gasteiger partial charge in [-0.15, -0.1) is 0 Å². The number of piperazine rings is 2. The zero-order valence-electron chi connectivity index (χ0n) is 12.0. The Balaban J connectivity index is 1.83. The van der Waals surface area contributed by atoms with Crippen LogP contribution in [0, 0.1) is 5.92 Å². The van der Waals surface area contributed by atoms with Crippen molar-refractivity contribution in [3.05, 3.63) is 0 Å². The summed E-state index contributed by atoms with van der Waals surface area (Å²) in [6.45, 7) is 6.57. The standard InChI is InChI=1S/C13H22N4O3/c1-9(2)12(19)16-3-5-17(6-4-16)13(20)10-7-15-11(18)8-14-10/h9-10,14H,3-8H2,1-2H3,(H,15,18). The van der Waals surface area contributed by atoms with E-state index in [2.05, 4.69) is 10.6 Å². The fraction of sp³-hybridized carbons (Fsp3) is 0.769. The van der Waals surface area contributed by atoms with Gasteiger partial charge in [0, 0.05) is 38.6 Å². The molecule has 1 unspecified atom stereocenters. The molecule has 112 valence electrons. The largest absolute Gasteiger partial charge is 0.353 e. The summed E-state index contributed by atoms with van der Waals surface area (Å²) < 4.78 is 0. The molecule has 1 atom stereocenters. The van der Waals surface area contributed by atoms with Crippen molar-refractivity contribution in [1.82, 2.24) is 20.4 Å². The summed E-state index contributed by atoms with van der Waals surface area (Å²) in [6.07, 6.45) is 0. The third-order valence-corrected chi connectivity index (χ3v) is 3.71. The number of carbonyl (C=O) groups excluding carboxylic acids is 3. The second-order valence-corrected chi connectivity index (χ2v) is 5.54. The number of amides is 3. The normalized spacial score (nSPS) is 23.8. The van der Waals surface area contributed by atoms with Crippen LogP contribution in [-0.2, 0) is 14.4 Å². The Bertz CT molecular complexity index is 392. The molecule has 2 aliphatic heterocycles. The molecular formula is C13H22N4O3. The van der Waals surface area contributed by atoms with Gasteiger partial charge in [0.05, 0.1) is 6.54 Å². The average molecular weight is 282 g/mol. The predicted molar refractivity (Wildman–Crippen MR) is 72.8 cm³/mol. The minimum Gasteiger partial charge on any atom is -0.353 e. The van der Waals surface area contributed by atoms with Crippen LogP contribution in [0.3, 0.4) is 0 Å². The van der Waals surface area contributed by atoms with E-state index in [-0.39, 0.29) is 36.2 Å². The molecule has 7 heteroatoms. The first kappa shape index (κ1) is 14.8. The first-order valence-corrected chi connectivity index (χ1v) is 7.06. The molecule has 7 nitrogen and oxygen atoms in total. The Morgan fingerprint density at radius 2 is 1.75 bits per heavy atom. The van der Waals surface area contributed by atoms with Crippen molar-refractivity contribution in [2.24, 2.45) is 5.92 Å². The highest BCUT2D eigenvalue weighted by molar-refractivity contribution is 5.87. The quantitative estimate of drug-likeness (QED) is 0.639. The van der Waals surface area contributed by atoms with E-state index in [9.17, 15) is 14.4 Å². The molecule has 0 aromatic carbocycles. The van der Waals surface area contributed by atoms with E-state index in [0.717, 1.165) is 0 Å². The van der Waals surface area contributed by atoms with Crippen LogP contribution in [0.1, 0.15) is 13.8 Å². The Labute approximate surface area is 118 Å². The molecule has 20 heavy (non-hydrogen) atoms. The Morgan fingerprint density at radius 1 is 1.15 bits per heavy atom. The number of nitrogens with zero attached hydrogens (tertiary/aromatic N) is 2. The molecule has 2 rings (SSSR count). The first-order valence-electron chi connectivity index (χ1n) is 7.06. The van der Waals surface area contributed by atoms with E-state index in [1.54, 1.807) is 4.90 Å². The molecule has 0 saturated carbocycles. The molecule has 0 aromatic heterocycles. The molecule has 2 N–H and O–H groups in total. The molecule has 2 fully saturated rings. The maximum atomic E-state index is 12.3. The summed E-state index contributed by atoms with van der Waals surface area (Å²) in [5.74, 6) is 0.0516. The van der Waals surface area contributed by atoms with Crippen molar-refractivity contribution >= 4 is 17.7 Å². The number of rotatable bonds is 2. The lowest BCUT2D eigenvalue weighted by molar-refractivity contribution is -0.143. The van der Waals surface area contributed by atoms with E-state index in [4.69, 9.17) is 0 Å². The van der Waals surface area contributed by atoms with Crippen LogP contribution >= 0.6 is 0 Å². The van der Waals surface area contributed by atoms with Gasteiger partial charge in [0.15, 0.2) is 0 Å². The van der Waals surface area contributed by atoms with Gasteiger partial charge in [-0.1, -0.05) is 13.8 Å². The zero-order valence-corrected chi connectivity index (χ0v) is 12.0. The van der Waals surface area contributed by atoms with Gasteiger partial charge in [-0.05, 0) is 0 Å². The van der Waals surface area contributed by atoms with Crippen LogP contribution in [0.2, 0.25) is 0 Å². The Kier molecular flexibility index (Phi) is 4.59. The van der Waals surface area contributed by atoms with Crippen molar-refractivity contribution < 1.29 is 14.4 Å². The Hall–Kier alpha value is -1.63. The van der Waals surface area contributed by atoms with Gasteiger partial charge in [0.2, 0.25) is 17.7 Å². The van der Waals surface area contributed by atoms with E-state index in [0.29, 0.717) is 32.7 Å². The van der Waals surface area contributed by atoms with Crippen LogP contribution in [0.5, 0.6) is 0 Å². The smallest absolute Gasteiger partial charge is 0.241 e. The molecule has 0 radical (unpaired) electrons. The highest BCUT2D eigenvalue weighted by atomic mass is 16.2. The van der Waals surface area contributed by atoms with Gasteiger partial charge in [-0.3, -0.25) is 19.7 Å². The van der Waals surface area contributed by atoms with E-state index in [1.807, 2.05) is 18.7 Å². The van der Waals surface area contributed by atoms with E-state index < -0.39 is 0 Å². The molecule has 2 aliphatic rings. The zero-order chi connectivity index (χ0) is 14.7. The lowest BCUT2D eigenvalue weighted by Crippen LogP contribution is -2.61. The van der Waals surface area contributed by atoms with E-state index in [1.165, 1.54) is 0 Å². The molecule has 2 saturated heterocycles. The van der Waals surface area contributed by atoms with Gasteiger partial charge in [-0.2, -0.15) is 0 Å². The highest BCUT2D eigenvalue weighted by Gasteiger charge is 2.31. The number of nitrogens with one attached hydrogen (secondary N) is 2. The third kappa shape index (κ3) is 3.27. The molecular weight excluding hydrogens is 260 g/mol. The summed E-state index contributed by atoms with van der Waals surface area (Å²) in [6, 6.07) is -0.347. The first-order chi connectivity index (χ1) is 9.49. The summed E-state index contributed by atoms with van der Waals surface area (Å²) >= 11 is 0. The molecule has 3 amide bonds. The van der Waals surface area contributed by atoms with E-state index >= 15 is 0 Å². The lowest BCUT2D eigenvalue weighted by atomic mass is 10.1. The van der Waals surface area contributed by atoms with Crippen LogP contribution in [0.4, 0.5) is 0 Å². The molecule has 0 aliphatic carbocycles. The van der Waals surface area contributed by atoms with Crippen molar-refractivity contribution in [3.63, 3.8) is 0 Å². The minimum atomic E-state index is -0.347. The minimum absolute atomic E-state index is 0.00152. The maximum absolute atomic E-state index is 12.3. The predicted octanol–water partition coefficient (Wildman–Crippen LogP) is -1.60. The van der Waals surface area contributed by atoms with Crippen molar-refractivity contribution in [2.75, 3.05) is 39.3 Å². The average Bonchev–Trinajstić information content (AvgIpc) is 2.46. The Morgan fingerprint density at radius 3 is 2.25 bits per heavy atom. The topological polar surface area (TPSA) is 81.8 Å². The fourth-order valence-corrected chi connectivity index (χ4v) is 2.47. The third-order valence-electron chi connectivity index (χ3n) is 3.71. The number of hydrogen-bond acceptors (Lipinski definition) is 4. The molecule has 2 heterocycles. The summed E-state index contributed by atoms with van der Waals surface area (Å²) in [5, 5.41) is 5.61. The SMILES string of the molecule is CC(C)C(=O)N1CCN(C(=O)C2CNC(=O)CN2)CC1. The lowest BCUT2D eigenvalue weighted by Gasteiger charge is -2.37. The van der Waals surface area contributed by atoms with Gasteiger partial charge in [0.25, 0.3) is 0 Å². The van der Waals surface area contributed by atoms with Crippen LogP contribution in [-0.4, -0.2) is 72.8 Å². The fourth-order valence-electron chi connectivity index (χ4n) is 2.47. The molecule has 0 aromatic rings. The second kappa shape index (κ2) is 6.21. The van der Waals surface area contributed by atoms with Gasteiger partial charge >= 0.3 is 0 Å². The van der Waals surface area contributed by atoms with Crippen LogP contribution in [0.15, 0.2) is 0 Å². The van der Waals surface area contributed by atoms with Gasteiger partial charge in [0.1, 0.15) is 6.04 Å². The van der Waals surface area contributed by atoms with Crippen LogP contribution < -0.4 is 10.6 Å². The highest BCUT2D eigenvalue weighted by Crippen LogP contribution is 2.08. The van der Waals surface area contributed by atoms with Crippen LogP contribution in [0.25, 0.3) is 0 Å². The van der Waals surface area contributed by atoms with Gasteiger partial charge < -0.3 is 15.1 Å². The summed E-state index contributed by atoms with van der Waals surface area (Å²) in [5.41, 5.74) is 0.